The summed E-state index contributed by atoms with van der Waals surface area (Å²) in [6.45, 7) is 5.86. The second-order valence-electron chi connectivity index (χ2n) is 4.72. The van der Waals surface area contributed by atoms with Crippen LogP contribution in [-0.4, -0.2) is 21.2 Å². The van der Waals surface area contributed by atoms with Gasteiger partial charge in [0, 0.05) is 6.20 Å². The minimum absolute atomic E-state index is 0.367. The lowest BCUT2D eigenvalue weighted by atomic mass is 9.95. The number of rotatable bonds is 1. The molecule has 3 nitrogen and oxygen atoms in total. The number of aromatic nitrogens is 2. The van der Waals surface area contributed by atoms with Crippen LogP contribution >= 0.6 is 0 Å². The maximum absolute atomic E-state index is 12.5. The van der Waals surface area contributed by atoms with Gasteiger partial charge in [-0.25, -0.2) is 4.68 Å². The summed E-state index contributed by atoms with van der Waals surface area (Å²) in [6.07, 6.45) is 0.0160. The van der Waals surface area contributed by atoms with Crippen molar-refractivity contribution < 1.29 is 13.2 Å². The van der Waals surface area contributed by atoms with Crippen molar-refractivity contribution in [1.82, 2.24) is 9.78 Å². The van der Waals surface area contributed by atoms with Gasteiger partial charge in [-0.1, -0.05) is 6.92 Å². The highest BCUT2D eigenvalue weighted by Gasteiger charge is 2.33. The Balaban J connectivity index is 2.35. The number of aliphatic imine (C=N–C) groups is 1. The molecule has 0 unspecified atom stereocenters. The van der Waals surface area contributed by atoms with Crippen LogP contribution in [0.25, 0.3) is 0 Å². The highest BCUT2D eigenvalue weighted by Crippen LogP contribution is 2.31. The van der Waals surface area contributed by atoms with E-state index in [2.05, 4.69) is 10.1 Å². The van der Waals surface area contributed by atoms with Crippen molar-refractivity contribution in [2.45, 2.75) is 38.9 Å². The third-order valence-corrected chi connectivity index (χ3v) is 3.01. The van der Waals surface area contributed by atoms with Crippen molar-refractivity contribution in [2.24, 2.45) is 4.99 Å². The van der Waals surface area contributed by atoms with E-state index < -0.39 is 11.7 Å². The van der Waals surface area contributed by atoms with E-state index in [4.69, 9.17) is 0 Å². The largest absolute Gasteiger partial charge is 0.419 e. The van der Waals surface area contributed by atoms with Gasteiger partial charge < -0.3 is 0 Å². The summed E-state index contributed by atoms with van der Waals surface area (Å²) < 4.78 is 38.6. The Morgan fingerprint density at radius 2 is 2.00 bits per heavy atom. The minimum Gasteiger partial charge on any atom is -0.256 e. The van der Waals surface area contributed by atoms with Crippen LogP contribution in [0.4, 0.5) is 13.2 Å². The van der Waals surface area contributed by atoms with Gasteiger partial charge in [0.1, 0.15) is 5.84 Å². The lowest BCUT2D eigenvalue weighted by molar-refractivity contribution is -0.137. The number of alkyl halides is 3. The molecule has 0 spiro atoms. The van der Waals surface area contributed by atoms with E-state index in [1.165, 1.54) is 4.68 Å². The molecule has 0 N–H and O–H groups in total. The van der Waals surface area contributed by atoms with Crippen molar-refractivity contribution in [3.05, 3.63) is 29.6 Å². The summed E-state index contributed by atoms with van der Waals surface area (Å²) in [5.74, 6) is 0.451. The molecule has 1 aliphatic rings. The normalized spacial score (nSPS) is 18.8. The molecule has 0 saturated heterocycles. The van der Waals surface area contributed by atoms with Gasteiger partial charge in [-0.05, 0) is 31.9 Å². The van der Waals surface area contributed by atoms with E-state index in [0.29, 0.717) is 5.84 Å². The van der Waals surface area contributed by atoms with Crippen molar-refractivity contribution in [3.63, 3.8) is 0 Å². The standard InChI is InChI=1S/C12H14F3N3/c1-4-8-5-10(17-11(8,2)3)18-7-9(6-16-18)12(13,14)15/h5-7H,4H2,1-3H3. The van der Waals surface area contributed by atoms with Crippen molar-refractivity contribution in [3.8, 4) is 0 Å². The molecule has 2 heterocycles. The Labute approximate surface area is 103 Å². The van der Waals surface area contributed by atoms with E-state index >= 15 is 0 Å². The van der Waals surface area contributed by atoms with E-state index in [1.54, 1.807) is 6.08 Å². The zero-order valence-corrected chi connectivity index (χ0v) is 10.4. The van der Waals surface area contributed by atoms with Crippen LogP contribution in [0.1, 0.15) is 32.8 Å². The predicted molar refractivity (Wildman–Crippen MR) is 62.5 cm³/mol. The number of hydrogen-bond acceptors (Lipinski definition) is 2. The SMILES string of the molecule is CCC1=CC(n2cc(C(F)(F)F)cn2)=NC1(C)C. The maximum atomic E-state index is 12.5. The van der Waals surface area contributed by atoms with Gasteiger partial charge in [-0.2, -0.15) is 18.3 Å². The summed E-state index contributed by atoms with van der Waals surface area (Å²) in [6, 6.07) is 0. The summed E-state index contributed by atoms with van der Waals surface area (Å²) >= 11 is 0. The molecule has 1 aliphatic heterocycles. The number of halogens is 3. The number of hydrogen-bond donors (Lipinski definition) is 0. The Bertz CT molecular complexity index is 521. The first-order valence-corrected chi connectivity index (χ1v) is 5.67. The van der Waals surface area contributed by atoms with E-state index in [0.717, 1.165) is 24.4 Å². The van der Waals surface area contributed by atoms with Gasteiger partial charge in [0.25, 0.3) is 0 Å². The molecule has 2 rings (SSSR count). The predicted octanol–water partition coefficient (Wildman–Crippen LogP) is 3.28. The molecule has 1 aromatic heterocycles. The minimum atomic E-state index is -4.37. The summed E-state index contributed by atoms with van der Waals surface area (Å²) in [5, 5.41) is 3.72. The molecule has 0 aliphatic carbocycles. The molecule has 0 radical (unpaired) electrons. The number of allylic oxidation sites excluding steroid dienone is 1. The Morgan fingerprint density at radius 1 is 1.33 bits per heavy atom. The summed E-state index contributed by atoms with van der Waals surface area (Å²) in [7, 11) is 0. The van der Waals surface area contributed by atoms with Crippen LogP contribution in [0.5, 0.6) is 0 Å². The summed E-state index contributed by atoms with van der Waals surface area (Å²) in [4.78, 5) is 4.40. The topological polar surface area (TPSA) is 30.2 Å². The van der Waals surface area contributed by atoms with E-state index in [9.17, 15) is 13.2 Å². The third-order valence-electron chi connectivity index (χ3n) is 3.01. The zero-order chi connectivity index (χ0) is 13.6. The third kappa shape index (κ3) is 2.19. The van der Waals surface area contributed by atoms with Gasteiger partial charge in [0.15, 0.2) is 0 Å². The van der Waals surface area contributed by atoms with Gasteiger partial charge in [0.2, 0.25) is 0 Å². The first kappa shape index (κ1) is 12.9. The van der Waals surface area contributed by atoms with Crippen LogP contribution in [0.3, 0.4) is 0 Å². The van der Waals surface area contributed by atoms with E-state index in [-0.39, 0.29) is 5.54 Å². The van der Waals surface area contributed by atoms with Gasteiger partial charge >= 0.3 is 6.18 Å². The zero-order valence-electron chi connectivity index (χ0n) is 10.4. The highest BCUT2D eigenvalue weighted by atomic mass is 19.4. The first-order valence-electron chi connectivity index (χ1n) is 5.67. The molecular weight excluding hydrogens is 243 g/mol. The summed E-state index contributed by atoms with van der Waals surface area (Å²) in [5.41, 5.74) is -0.0445. The molecule has 0 aromatic carbocycles. The van der Waals surface area contributed by atoms with Crippen LogP contribution in [0.15, 0.2) is 29.0 Å². The average Bonchev–Trinajstić information content (AvgIpc) is 2.80. The molecular formula is C12H14F3N3. The smallest absolute Gasteiger partial charge is 0.256 e. The van der Waals surface area contributed by atoms with Crippen molar-refractivity contribution in [1.29, 1.82) is 0 Å². The van der Waals surface area contributed by atoms with Crippen molar-refractivity contribution >= 4 is 5.84 Å². The second kappa shape index (κ2) is 3.96. The molecule has 0 atom stereocenters. The molecule has 18 heavy (non-hydrogen) atoms. The second-order valence-corrected chi connectivity index (χ2v) is 4.72. The molecule has 98 valence electrons. The fourth-order valence-electron chi connectivity index (χ4n) is 1.97. The fraction of sp³-hybridized carbons (Fsp3) is 0.500. The van der Waals surface area contributed by atoms with Gasteiger partial charge in [-0.3, -0.25) is 4.99 Å². The van der Waals surface area contributed by atoms with Gasteiger partial charge in [-0.15, -0.1) is 0 Å². The highest BCUT2D eigenvalue weighted by molar-refractivity contribution is 5.97. The Kier molecular flexibility index (Phi) is 2.83. The first-order chi connectivity index (χ1) is 8.24. The van der Waals surface area contributed by atoms with Gasteiger partial charge in [0.05, 0.1) is 17.3 Å². The molecule has 1 aromatic rings. The molecule has 0 amide bonds. The molecule has 0 saturated carbocycles. The van der Waals surface area contributed by atoms with E-state index in [1.807, 2.05) is 20.8 Å². The average molecular weight is 257 g/mol. The molecule has 0 bridgehead atoms. The maximum Gasteiger partial charge on any atom is 0.419 e. The van der Waals surface area contributed by atoms with Crippen LogP contribution < -0.4 is 0 Å². The van der Waals surface area contributed by atoms with Crippen LogP contribution in [-0.2, 0) is 6.18 Å². The molecule has 0 fully saturated rings. The lowest BCUT2D eigenvalue weighted by Gasteiger charge is -2.17. The Morgan fingerprint density at radius 3 is 2.44 bits per heavy atom. The molecule has 6 heteroatoms. The van der Waals surface area contributed by atoms with Crippen molar-refractivity contribution in [2.75, 3.05) is 0 Å². The quantitative estimate of drug-likeness (QED) is 0.759. The van der Waals surface area contributed by atoms with Crippen LogP contribution in [0, 0.1) is 0 Å². The Hall–Kier alpha value is -1.59. The fourth-order valence-corrected chi connectivity index (χ4v) is 1.97. The number of nitrogens with zero attached hydrogens (tertiary/aromatic N) is 3. The van der Waals surface area contributed by atoms with Crippen LogP contribution in [0.2, 0.25) is 0 Å². The monoisotopic (exact) mass is 257 g/mol. The lowest BCUT2D eigenvalue weighted by Crippen LogP contribution is -2.17.